The molecule has 0 aliphatic heterocycles. The van der Waals surface area contributed by atoms with Crippen molar-refractivity contribution < 1.29 is 14.6 Å². The predicted molar refractivity (Wildman–Crippen MR) is 69.1 cm³/mol. The van der Waals surface area contributed by atoms with E-state index in [0.717, 1.165) is 19.0 Å². The Morgan fingerprint density at radius 3 is 2.83 bits per heavy atom. The van der Waals surface area contributed by atoms with Crippen LogP contribution in [0.2, 0.25) is 0 Å². The minimum atomic E-state index is -0.952. The molecule has 0 atom stereocenters. The molecular formula is C14H19NO3. The molecule has 18 heavy (non-hydrogen) atoms. The average Bonchev–Trinajstić information content (AvgIpc) is 3.18. The first-order valence-electron chi connectivity index (χ1n) is 6.43. The van der Waals surface area contributed by atoms with Gasteiger partial charge in [0.1, 0.15) is 17.9 Å². The molecule has 1 fully saturated rings. The zero-order valence-corrected chi connectivity index (χ0v) is 10.4. The second-order valence-corrected chi connectivity index (χ2v) is 4.63. The topological polar surface area (TPSA) is 58.6 Å². The fourth-order valence-corrected chi connectivity index (χ4v) is 1.84. The molecule has 0 radical (unpaired) electrons. The molecule has 4 nitrogen and oxygen atoms in total. The van der Waals surface area contributed by atoms with Crippen molar-refractivity contribution in [3.8, 4) is 5.75 Å². The van der Waals surface area contributed by atoms with E-state index in [1.54, 1.807) is 24.3 Å². The van der Waals surface area contributed by atoms with Crippen molar-refractivity contribution in [2.45, 2.75) is 19.3 Å². The molecule has 1 saturated carbocycles. The van der Waals surface area contributed by atoms with Crippen LogP contribution in [0.1, 0.15) is 29.6 Å². The standard InChI is InChI=1S/C14H19NO3/c16-14(17)12-3-1-2-4-13(12)18-10-9-15-8-7-11-5-6-11/h1-4,11,15H,5-10H2,(H,16,17). The SMILES string of the molecule is O=C(O)c1ccccc1OCCNCCC1CC1. The van der Waals surface area contributed by atoms with Crippen LogP contribution < -0.4 is 10.1 Å². The first kappa shape index (κ1) is 12.9. The minimum absolute atomic E-state index is 0.218. The summed E-state index contributed by atoms with van der Waals surface area (Å²) in [5, 5.41) is 12.3. The van der Waals surface area contributed by atoms with Gasteiger partial charge in [-0.3, -0.25) is 0 Å². The fraction of sp³-hybridized carbons (Fsp3) is 0.500. The first-order valence-corrected chi connectivity index (χ1v) is 6.43. The number of carboxylic acids is 1. The fourth-order valence-electron chi connectivity index (χ4n) is 1.84. The molecular weight excluding hydrogens is 230 g/mol. The molecule has 0 unspecified atom stereocenters. The van der Waals surface area contributed by atoms with Crippen LogP contribution in [-0.2, 0) is 0 Å². The van der Waals surface area contributed by atoms with E-state index < -0.39 is 5.97 Å². The summed E-state index contributed by atoms with van der Waals surface area (Å²) in [7, 11) is 0. The van der Waals surface area contributed by atoms with Gasteiger partial charge in [0.25, 0.3) is 0 Å². The number of benzene rings is 1. The molecule has 4 heteroatoms. The van der Waals surface area contributed by atoms with Crippen LogP contribution in [0, 0.1) is 5.92 Å². The molecule has 1 aliphatic carbocycles. The molecule has 2 N–H and O–H groups in total. The summed E-state index contributed by atoms with van der Waals surface area (Å²) in [6.45, 7) is 2.27. The highest BCUT2D eigenvalue weighted by Gasteiger charge is 2.19. The van der Waals surface area contributed by atoms with E-state index in [-0.39, 0.29) is 5.56 Å². The number of nitrogens with one attached hydrogen (secondary N) is 1. The molecule has 0 spiro atoms. The van der Waals surface area contributed by atoms with Crippen molar-refractivity contribution in [3.63, 3.8) is 0 Å². The number of hydrogen-bond acceptors (Lipinski definition) is 3. The molecule has 98 valence electrons. The van der Waals surface area contributed by atoms with Gasteiger partial charge in [-0.05, 0) is 31.0 Å². The summed E-state index contributed by atoms with van der Waals surface area (Å²) in [5.74, 6) is 0.424. The monoisotopic (exact) mass is 249 g/mol. The van der Waals surface area contributed by atoms with Gasteiger partial charge >= 0.3 is 5.97 Å². The lowest BCUT2D eigenvalue weighted by Gasteiger charge is -2.09. The van der Waals surface area contributed by atoms with E-state index in [1.165, 1.54) is 19.3 Å². The van der Waals surface area contributed by atoms with Gasteiger partial charge in [-0.15, -0.1) is 0 Å². The normalized spacial score (nSPS) is 14.4. The van der Waals surface area contributed by atoms with E-state index in [9.17, 15) is 4.79 Å². The van der Waals surface area contributed by atoms with Gasteiger partial charge in [-0.2, -0.15) is 0 Å². The van der Waals surface area contributed by atoms with E-state index in [4.69, 9.17) is 9.84 Å². The Labute approximate surface area is 107 Å². The van der Waals surface area contributed by atoms with Gasteiger partial charge < -0.3 is 15.2 Å². The summed E-state index contributed by atoms with van der Waals surface area (Å²) >= 11 is 0. The summed E-state index contributed by atoms with van der Waals surface area (Å²) in [5.41, 5.74) is 0.218. The number of aromatic carboxylic acids is 1. The number of ether oxygens (including phenoxy) is 1. The smallest absolute Gasteiger partial charge is 0.339 e. The van der Waals surface area contributed by atoms with E-state index >= 15 is 0 Å². The molecule has 1 aromatic carbocycles. The molecule has 1 aromatic rings. The second kappa shape index (κ2) is 6.40. The van der Waals surface area contributed by atoms with Crippen molar-refractivity contribution in [2.24, 2.45) is 5.92 Å². The lowest BCUT2D eigenvalue weighted by atomic mass is 10.2. The molecule has 0 bridgehead atoms. The number of para-hydroxylation sites is 1. The third kappa shape index (κ3) is 4.04. The lowest BCUT2D eigenvalue weighted by molar-refractivity contribution is 0.0692. The van der Waals surface area contributed by atoms with Crippen molar-refractivity contribution in [1.29, 1.82) is 0 Å². The molecule has 0 aromatic heterocycles. The number of rotatable bonds is 8. The van der Waals surface area contributed by atoms with E-state index in [1.807, 2.05) is 0 Å². The van der Waals surface area contributed by atoms with Crippen molar-refractivity contribution >= 4 is 5.97 Å². The van der Waals surface area contributed by atoms with Crippen LogP contribution in [0.25, 0.3) is 0 Å². The Kier molecular flexibility index (Phi) is 4.59. The van der Waals surface area contributed by atoms with Crippen LogP contribution in [0.3, 0.4) is 0 Å². The maximum absolute atomic E-state index is 10.9. The third-order valence-electron chi connectivity index (χ3n) is 3.08. The van der Waals surface area contributed by atoms with Gasteiger partial charge in [-0.25, -0.2) is 4.79 Å². The van der Waals surface area contributed by atoms with Crippen molar-refractivity contribution in [2.75, 3.05) is 19.7 Å². The Bertz CT molecular complexity index is 402. The zero-order valence-electron chi connectivity index (χ0n) is 10.4. The van der Waals surface area contributed by atoms with Gasteiger partial charge in [0.05, 0.1) is 0 Å². The van der Waals surface area contributed by atoms with Gasteiger partial charge in [0.2, 0.25) is 0 Å². The maximum atomic E-state index is 10.9. The Morgan fingerprint density at radius 2 is 2.11 bits per heavy atom. The Morgan fingerprint density at radius 1 is 1.33 bits per heavy atom. The van der Waals surface area contributed by atoms with E-state index in [0.29, 0.717) is 12.4 Å². The second-order valence-electron chi connectivity index (χ2n) is 4.63. The van der Waals surface area contributed by atoms with Crippen LogP contribution >= 0.6 is 0 Å². The van der Waals surface area contributed by atoms with Gasteiger partial charge in [0.15, 0.2) is 0 Å². The number of carboxylic acid groups (broad SMARTS) is 1. The number of carbonyl (C=O) groups is 1. The largest absolute Gasteiger partial charge is 0.491 e. The third-order valence-corrected chi connectivity index (χ3v) is 3.08. The van der Waals surface area contributed by atoms with Gasteiger partial charge in [0, 0.05) is 6.54 Å². The minimum Gasteiger partial charge on any atom is -0.491 e. The zero-order chi connectivity index (χ0) is 12.8. The van der Waals surface area contributed by atoms with Crippen molar-refractivity contribution in [3.05, 3.63) is 29.8 Å². The van der Waals surface area contributed by atoms with Crippen LogP contribution in [0.15, 0.2) is 24.3 Å². The Hall–Kier alpha value is -1.55. The highest BCUT2D eigenvalue weighted by Crippen LogP contribution is 2.31. The molecule has 0 heterocycles. The van der Waals surface area contributed by atoms with Crippen molar-refractivity contribution in [1.82, 2.24) is 5.32 Å². The lowest BCUT2D eigenvalue weighted by Crippen LogP contribution is -2.22. The highest BCUT2D eigenvalue weighted by molar-refractivity contribution is 5.90. The quantitative estimate of drug-likeness (QED) is 0.693. The average molecular weight is 249 g/mol. The number of hydrogen-bond donors (Lipinski definition) is 2. The molecule has 0 saturated heterocycles. The summed E-state index contributed by atoms with van der Waals surface area (Å²) in [6.07, 6.45) is 4.00. The summed E-state index contributed by atoms with van der Waals surface area (Å²) < 4.78 is 5.48. The maximum Gasteiger partial charge on any atom is 0.339 e. The predicted octanol–water partition coefficient (Wildman–Crippen LogP) is 2.15. The van der Waals surface area contributed by atoms with E-state index in [2.05, 4.69) is 5.32 Å². The molecule has 2 rings (SSSR count). The van der Waals surface area contributed by atoms with Crippen LogP contribution in [0.5, 0.6) is 5.75 Å². The highest BCUT2D eigenvalue weighted by atomic mass is 16.5. The summed E-state index contributed by atoms with van der Waals surface area (Å²) in [6, 6.07) is 6.72. The first-order chi connectivity index (χ1) is 8.77. The Balaban J connectivity index is 1.67. The van der Waals surface area contributed by atoms with Crippen LogP contribution in [-0.4, -0.2) is 30.8 Å². The van der Waals surface area contributed by atoms with Crippen LogP contribution in [0.4, 0.5) is 0 Å². The molecule has 1 aliphatic rings. The summed E-state index contributed by atoms with van der Waals surface area (Å²) in [4.78, 5) is 10.9. The molecule has 0 amide bonds. The van der Waals surface area contributed by atoms with Gasteiger partial charge in [-0.1, -0.05) is 25.0 Å².